The maximum Gasteiger partial charge on any atom is 0.307 e. The molecule has 1 rings (SSSR count). The zero-order valence-electron chi connectivity index (χ0n) is 7.96. The van der Waals surface area contributed by atoms with Crippen LogP contribution >= 0.6 is 11.3 Å². The first-order valence-corrected chi connectivity index (χ1v) is 5.42. The Morgan fingerprint density at radius 1 is 1.54 bits per heavy atom. The minimum Gasteiger partial charge on any atom is -0.494 e. The summed E-state index contributed by atoms with van der Waals surface area (Å²) in [5.74, 6) is 0.393. The number of hydrogen-bond acceptors (Lipinski definition) is 3. The fourth-order valence-corrected chi connectivity index (χ4v) is 2.42. The Balaban J connectivity index is 2.90. The van der Waals surface area contributed by atoms with Crippen molar-refractivity contribution in [1.29, 1.82) is 0 Å². The molecular formula is C9H15NO2S. The average molecular weight is 201 g/mol. The predicted molar refractivity (Wildman–Crippen MR) is 54.5 cm³/mol. The van der Waals surface area contributed by atoms with Gasteiger partial charge in [-0.3, -0.25) is 9.78 Å². The molecule has 0 saturated carbocycles. The number of aromatic hydroxyl groups is 1. The molecular weight excluding hydrogens is 186 g/mol. The third kappa shape index (κ3) is 2.34. The van der Waals surface area contributed by atoms with Crippen molar-refractivity contribution in [3.8, 4) is 5.88 Å². The molecule has 1 aromatic heterocycles. The summed E-state index contributed by atoms with van der Waals surface area (Å²) < 4.78 is 0. The van der Waals surface area contributed by atoms with Gasteiger partial charge >= 0.3 is 4.87 Å². The second kappa shape index (κ2) is 4.46. The Morgan fingerprint density at radius 3 is 2.62 bits per heavy atom. The molecule has 0 spiro atoms. The van der Waals surface area contributed by atoms with Crippen molar-refractivity contribution in [2.24, 2.45) is 0 Å². The maximum atomic E-state index is 10.9. The van der Waals surface area contributed by atoms with Gasteiger partial charge in [0.2, 0.25) is 5.88 Å². The zero-order chi connectivity index (χ0) is 9.84. The van der Waals surface area contributed by atoms with Crippen LogP contribution in [-0.4, -0.2) is 10.1 Å². The van der Waals surface area contributed by atoms with E-state index in [0.717, 1.165) is 35.5 Å². The summed E-state index contributed by atoms with van der Waals surface area (Å²) in [6.45, 7) is 4.18. The van der Waals surface area contributed by atoms with Crippen molar-refractivity contribution in [2.45, 2.75) is 39.0 Å². The number of nitrogens with one attached hydrogen (secondary N) is 1. The van der Waals surface area contributed by atoms with Crippen LogP contribution in [0.1, 0.15) is 43.9 Å². The van der Waals surface area contributed by atoms with Gasteiger partial charge in [0, 0.05) is 0 Å². The second-order valence-electron chi connectivity index (χ2n) is 3.12. The summed E-state index contributed by atoms with van der Waals surface area (Å²) in [7, 11) is 0. The van der Waals surface area contributed by atoms with Crippen LogP contribution in [-0.2, 0) is 0 Å². The van der Waals surface area contributed by atoms with Crippen LogP contribution in [0.15, 0.2) is 4.79 Å². The highest BCUT2D eigenvalue weighted by Crippen LogP contribution is 2.32. The molecule has 13 heavy (non-hydrogen) atoms. The third-order valence-electron chi connectivity index (χ3n) is 2.16. The van der Waals surface area contributed by atoms with Crippen LogP contribution in [0, 0.1) is 0 Å². The lowest BCUT2D eigenvalue weighted by molar-refractivity contribution is 0.439. The molecule has 0 bridgehead atoms. The van der Waals surface area contributed by atoms with Crippen LogP contribution in [0.2, 0.25) is 0 Å². The molecule has 2 N–H and O–H groups in total. The predicted octanol–water partition coefficient (Wildman–Crippen LogP) is 2.44. The van der Waals surface area contributed by atoms with Crippen LogP contribution in [0.4, 0.5) is 0 Å². The second-order valence-corrected chi connectivity index (χ2v) is 4.14. The first-order valence-electron chi connectivity index (χ1n) is 4.61. The molecule has 74 valence electrons. The van der Waals surface area contributed by atoms with Crippen molar-refractivity contribution in [3.05, 3.63) is 14.5 Å². The van der Waals surface area contributed by atoms with Crippen molar-refractivity contribution >= 4 is 11.3 Å². The molecule has 0 radical (unpaired) electrons. The molecule has 1 heterocycles. The van der Waals surface area contributed by atoms with Gasteiger partial charge in [0.05, 0.1) is 4.88 Å². The minimum atomic E-state index is -0.165. The molecule has 1 unspecified atom stereocenters. The highest BCUT2D eigenvalue weighted by Gasteiger charge is 2.16. The topological polar surface area (TPSA) is 53.1 Å². The lowest BCUT2D eigenvalue weighted by Gasteiger charge is -2.10. The van der Waals surface area contributed by atoms with Crippen molar-refractivity contribution in [2.75, 3.05) is 0 Å². The molecule has 0 aliphatic carbocycles. The fourth-order valence-electron chi connectivity index (χ4n) is 1.48. The Bertz CT molecular complexity index is 316. The molecule has 0 saturated heterocycles. The normalized spacial score (nSPS) is 13.1. The van der Waals surface area contributed by atoms with E-state index in [9.17, 15) is 9.90 Å². The number of hydrogen-bond donors (Lipinski definition) is 2. The van der Waals surface area contributed by atoms with Gasteiger partial charge in [0.25, 0.3) is 0 Å². The molecule has 3 nitrogen and oxygen atoms in total. The maximum absolute atomic E-state index is 10.9. The number of rotatable bonds is 4. The summed E-state index contributed by atoms with van der Waals surface area (Å²) in [4.78, 5) is 14.0. The third-order valence-corrected chi connectivity index (χ3v) is 3.19. The first-order chi connectivity index (χ1) is 6.19. The van der Waals surface area contributed by atoms with Gasteiger partial charge in [-0.15, -0.1) is 0 Å². The van der Waals surface area contributed by atoms with E-state index in [0.29, 0.717) is 5.92 Å². The number of aromatic amines is 1. The van der Waals surface area contributed by atoms with E-state index < -0.39 is 0 Å². The number of H-pyrrole nitrogens is 1. The zero-order valence-corrected chi connectivity index (χ0v) is 8.78. The van der Waals surface area contributed by atoms with Crippen molar-refractivity contribution in [3.63, 3.8) is 0 Å². The molecule has 4 heteroatoms. The molecule has 1 aromatic rings. The lowest BCUT2D eigenvalue weighted by Crippen LogP contribution is -1.94. The smallest absolute Gasteiger partial charge is 0.307 e. The van der Waals surface area contributed by atoms with Gasteiger partial charge < -0.3 is 5.11 Å². The van der Waals surface area contributed by atoms with Gasteiger partial charge in [0.1, 0.15) is 0 Å². The van der Waals surface area contributed by atoms with Crippen LogP contribution in [0.5, 0.6) is 5.88 Å². The van der Waals surface area contributed by atoms with Gasteiger partial charge in [0.15, 0.2) is 0 Å². The summed E-state index contributed by atoms with van der Waals surface area (Å²) in [5.41, 5.74) is 0. The van der Waals surface area contributed by atoms with E-state index in [1.54, 1.807) is 0 Å². The Labute approximate surface area is 81.4 Å². The van der Waals surface area contributed by atoms with Crippen LogP contribution in [0.3, 0.4) is 0 Å². The quantitative estimate of drug-likeness (QED) is 0.786. The standard InChI is InChI=1S/C9H15NO2S/c1-3-5-6(4-2)7-8(11)10-9(12)13-7/h6,11H,3-5H2,1-2H3,(H,10,12). The molecule has 0 aromatic carbocycles. The molecule has 1 atom stereocenters. The average Bonchev–Trinajstić information content (AvgIpc) is 2.41. The monoisotopic (exact) mass is 201 g/mol. The van der Waals surface area contributed by atoms with E-state index in [1.165, 1.54) is 0 Å². The Kier molecular flexibility index (Phi) is 3.54. The summed E-state index contributed by atoms with van der Waals surface area (Å²) in [6, 6.07) is 0. The number of aromatic nitrogens is 1. The van der Waals surface area contributed by atoms with Gasteiger partial charge in [-0.05, 0) is 18.8 Å². The van der Waals surface area contributed by atoms with E-state index >= 15 is 0 Å². The summed E-state index contributed by atoms with van der Waals surface area (Å²) >= 11 is 1.13. The largest absolute Gasteiger partial charge is 0.494 e. The summed E-state index contributed by atoms with van der Waals surface area (Å²) in [5, 5.41) is 9.41. The van der Waals surface area contributed by atoms with E-state index in [-0.39, 0.29) is 10.8 Å². The van der Waals surface area contributed by atoms with Crippen molar-refractivity contribution < 1.29 is 5.11 Å². The van der Waals surface area contributed by atoms with E-state index in [1.807, 2.05) is 0 Å². The van der Waals surface area contributed by atoms with Crippen LogP contribution < -0.4 is 4.87 Å². The molecule has 0 aliphatic rings. The van der Waals surface area contributed by atoms with Gasteiger partial charge in [-0.2, -0.15) is 0 Å². The highest BCUT2D eigenvalue weighted by molar-refractivity contribution is 7.09. The number of thiazole rings is 1. The van der Waals surface area contributed by atoms with Crippen molar-refractivity contribution in [1.82, 2.24) is 4.98 Å². The van der Waals surface area contributed by atoms with E-state index in [4.69, 9.17) is 0 Å². The van der Waals surface area contributed by atoms with Gasteiger partial charge in [-0.1, -0.05) is 31.6 Å². The minimum absolute atomic E-state index is 0.0651. The SMILES string of the molecule is CCCC(CC)c1sc(=O)[nH]c1O. The van der Waals surface area contributed by atoms with Gasteiger partial charge in [-0.25, -0.2) is 0 Å². The first kappa shape index (κ1) is 10.3. The van der Waals surface area contributed by atoms with Crippen LogP contribution in [0.25, 0.3) is 0 Å². The van der Waals surface area contributed by atoms with E-state index in [2.05, 4.69) is 18.8 Å². The molecule has 0 fully saturated rings. The Morgan fingerprint density at radius 2 is 2.23 bits per heavy atom. The lowest BCUT2D eigenvalue weighted by atomic mass is 9.99. The fraction of sp³-hybridized carbons (Fsp3) is 0.667. The Hall–Kier alpha value is -0.770. The molecule has 0 amide bonds. The summed E-state index contributed by atoms with van der Waals surface area (Å²) in [6.07, 6.45) is 3.07. The highest BCUT2D eigenvalue weighted by atomic mass is 32.1. The molecule has 0 aliphatic heterocycles.